The summed E-state index contributed by atoms with van der Waals surface area (Å²) in [6.07, 6.45) is -0.0231. The van der Waals surface area contributed by atoms with Gasteiger partial charge in [0.2, 0.25) is 0 Å². The summed E-state index contributed by atoms with van der Waals surface area (Å²) < 4.78 is 22.5. The first-order chi connectivity index (χ1) is 13.1. The molecule has 0 amide bonds. The van der Waals surface area contributed by atoms with E-state index in [4.69, 9.17) is 14.0 Å². The summed E-state index contributed by atoms with van der Waals surface area (Å²) in [5, 5.41) is 22.1. The molecule has 0 saturated carbocycles. The topological polar surface area (TPSA) is 103 Å². The molecule has 0 fully saturated rings. The van der Waals surface area contributed by atoms with Crippen molar-refractivity contribution in [2.24, 2.45) is 0 Å². The molecule has 0 aromatic heterocycles. The van der Waals surface area contributed by atoms with Gasteiger partial charge < -0.3 is 10.3 Å². The van der Waals surface area contributed by atoms with Gasteiger partial charge in [-0.25, -0.2) is 0 Å². The summed E-state index contributed by atoms with van der Waals surface area (Å²) >= 11 is 0. The van der Waals surface area contributed by atoms with Crippen LogP contribution in [0, 0.1) is 26.9 Å². The van der Waals surface area contributed by atoms with Crippen LogP contribution in [0.15, 0.2) is 54.6 Å². The van der Waals surface area contributed by atoms with Crippen LogP contribution in [-0.2, 0) is 37.9 Å². The molecule has 7 heteroatoms. The summed E-state index contributed by atoms with van der Waals surface area (Å²) in [6, 6.07) is 17.2. The fourth-order valence-electron chi connectivity index (χ4n) is 2.58. The summed E-state index contributed by atoms with van der Waals surface area (Å²) in [4.78, 5) is 0. The largest absolute Gasteiger partial charge is 0 e. The average molecular weight is 421 g/mol. The first-order valence-electron chi connectivity index (χ1n) is 7.97. The Bertz CT molecular complexity index is 674. The molecule has 0 heterocycles. The minimum absolute atomic E-state index is 0. The summed E-state index contributed by atoms with van der Waals surface area (Å²) in [6.45, 7) is 17.8. The Hall–Kier alpha value is -1.93. The van der Waals surface area contributed by atoms with Crippen LogP contribution in [0.25, 0.3) is 0 Å². The number of hydrogen-bond donors (Lipinski definition) is 2. The van der Waals surface area contributed by atoms with Crippen molar-refractivity contribution in [3.8, 4) is 0 Å². The van der Waals surface area contributed by atoms with Crippen LogP contribution in [0.4, 0.5) is 0 Å². The minimum atomic E-state index is -0.611. The Labute approximate surface area is 177 Å². The molecule has 0 aliphatic rings. The normalized spacial score (nSPS) is 10.8. The summed E-state index contributed by atoms with van der Waals surface area (Å²) in [5.41, 5.74) is 3.05. The fourth-order valence-corrected chi connectivity index (χ4v) is 2.58. The number of benzene rings is 2. The molecular formula is C21H23CrNO5. The third-order valence-corrected chi connectivity index (χ3v) is 3.80. The van der Waals surface area contributed by atoms with E-state index in [1.165, 1.54) is 5.06 Å². The average Bonchev–Trinajstić information content (AvgIpc) is 2.74. The van der Waals surface area contributed by atoms with E-state index in [1.807, 2.05) is 68.4 Å². The van der Waals surface area contributed by atoms with Gasteiger partial charge in [-0.3, -0.25) is 0 Å². The van der Waals surface area contributed by atoms with Gasteiger partial charge in [-0.05, 0) is 30.0 Å². The number of nitrogens with zero attached hydrogens (tertiary/aromatic N) is 1. The molecule has 2 N–H and O–H groups in total. The SMILES string of the molecule is CCC(O)C(c1ccccc1C)N(O)Cc1ccccc1.[C-]#[O+].[C-]#[O+].[C-]#[O+].[Cr]. The number of aryl methyl sites for hydroxylation is 1. The van der Waals surface area contributed by atoms with E-state index in [1.54, 1.807) is 0 Å². The molecular weight excluding hydrogens is 398 g/mol. The molecule has 0 saturated heterocycles. The van der Waals surface area contributed by atoms with Crippen LogP contribution < -0.4 is 0 Å². The van der Waals surface area contributed by atoms with E-state index in [-0.39, 0.29) is 17.4 Å². The molecule has 28 heavy (non-hydrogen) atoms. The zero-order valence-corrected chi connectivity index (χ0v) is 17.0. The Balaban J connectivity index is -0.000000815. The first-order valence-corrected chi connectivity index (χ1v) is 7.97. The van der Waals surface area contributed by atoms with E-state index in [9.17, 15) is 10.3 Å². The Morgan fingerprint density at radius 2 is 1.36 bits per heavy atom. The number of rotatable bonds is 6. The molecule has 2 atom stereocenters. The first kappa shape index (κ1) is 30.8. The number of hydrogen-bond acceptors (Lipinski definition) is 3. The fraction of sp³-hybridized carbons (Fsp3) is 0.286. The molecule has 0 radical (unpaired) electrons. The molecule has 0 aliphatic carbocycles. The molecule has 2 rings (SSSR count). The number of aliphatic hydroxyl groups excluding tert-OH is 1. The van der Waals surface area contributed by atoms with Crippen LogP contribution in [-0.4, -0.2) is 21.5 Å². The third kappa shape index (κ3) is 10.4. The molecule has 6 nitrogen and oxygen atoms in total. The smallest absolute Gasteiger partial charge is 0 e. The van der Waals surface area contributed by atoms with E-state index < -0.39 is 12.1 Å². The van der Waals surface area contributed by atoms with Crippen molar-refractivity contribution in [3.63, 3.8) is 0 Å². The molecule has 2 unspecified atom stereocenters. The molecule has 0 aliphatic heterocycles. The van der Waals surface area contributed by atoms with Gasteiger partial charge in [0.1, 0.15) is 0 Å². The van der Waals surface area contributed by atoms with Crippen molar-refractivity contribution >= 4 is 0 Å². The maximum absolute atomic E-state index is 10.5. The second-order valence-corrected chi connectivity index (χ2v) is 5.36. The predicted octanol–water partition coefficient (Wildman–Crippen LogP) is 3.58. The van der Waals surface area contributed by atoms with Gasteiger partial charge in [0.05, 0.1) is 12.1 Å². The van der Waals surface area contributed by atoms with Crippen LogP contribution >= 0.6 is 0 Å². The second kappa shape index (κ2) is 19.8. The van der Waals surface area contributed by atoms with Crippen LogP contribution in [0.2, 0.25) is 0 Å². The summed E-state index contributed by atoms with van der Waals surface area (Å²) in [5.74, 6) is 0. The Morgan fingerprint density at radius 1 is 0.893 bits per heavy atom. The minimum Gasteiger partial charge on any atom is 0 e. The quantitative estimate of drug-likeness (QED) is 0.423. The summed E-state index contributed by atoms with van der Waals surface area (Å²) in [7, 11) is 0. The number of hydroxylamine groups is 2. The zero-order valence-electron chi connectivity index (χ0n) is 15.7. The second-order valence-electron chi connectivity index (χ2n) is 5.36. The maximum atomic E-state index is 10.5. The molecule has 2 aromatic carbocycles. The van der Waals surface area contributed by atoms with Gasteiger partial charge in [0.25, 0.3) is 0 Å². The molecule has 2 aromatic rings. The van der Waals surface area contributed by atoms with Crippen LogP contribution in [0.5, 0.6) is 0 Å². The zero-order chi connectivity index (χ0) is 21.2. The standard InChI is InChI=1S/C18H23NO2.3CO.Cr/c1-3-17(20)18(16-12-8-7-9-14(16)2)19(21)13-15-10-5-4-6-11-15;3*1-2;/h4-12,17-18,20-21H,3,13H2,1-2H3;;;;. The van der Waals surface area contributed by atoms with E-state index in [0.29, 0.717) is 13.0 Å². The van der Waals surface area contributed by atoms with Crippen LogP contribution in [0.1, 0.15) is 36.1 Å². The van der Waals surface area contributed by atoms with Crippen molar-refractivity contribution in [2.75, 3.05) is 0 Å². The van der Waals surface area contributed by atoms with Crippen molar-refractivity contribution in [2.45, 2.75) is 39.0 Å². The molecule has 0 spiro atoms. The van der Waals surface area contributed by atoms with E-state index in [2.05, 4.69) is 20.0 Å². The van der Waals surface area contributed by atoms with Gasteiger partial charge in [0, 0.05) is 23.9 Å². The van der Waals surface area contributed by atoms with E-state index >= 15 is 0 Å². The Kier molecular flexibility index (Phi) is 21.8. The Morgan fingerprint density at radius 3 is 1.82 bits per heavy atom. The molecule has 0 bridgehead atoms. The van der Waals surface area contributed by atoms with Crippen molar-refractivity contribution in [3.05, 3.63) is 91.2 Å². The third-order valence-electron chi connectivity index (χ3n) is 3.80. The number of aliphatic hydroxyl groups is 1. The van der Waals surface area contributed by atoms with Gasteiger partial charge in [-0.2, -0.15) is 5.06 Å². The van der Waals surface area contributed by atoms with Crippen molar-refractivity contribution < 1.29 is 41.6 Å². The van der Waals surface area contributed by atoms with Crippen LogP contribution in [0.3, 0.4) is 0 Å². The van der Waals surface area contributed by atoms with Crippen molar-refractivity contribution in [1.82, 2.24) is 5.06 Å². The van der Waals surface area contributed by atoms with Crippen molar-refractivity contribution in [1.29, 1.82) is 0 Å². The van der Waals surface area contributed by atoms with Gasteiger partial charge in [0.15, 0.2) is 0 Å². The van der Waals surface area contributed by atoms with Gasteiger partial charge >= 0.3 is 33.9 Å². The van der Waals surface area contributed by atoms with E-state index in [0.717, 1.165) is 16.7 Å². The van der Waals surface area contributed by atoms with Gasteiger partial charge in [-0.15, -0.1) is 0 Å². The molecule has 148 valence electrons. The maximum Gasteiger partial charge on any atom is 0 e. The predicted molar refractivity (Wildman–Crippen MR) is 95.8 cm³/mol. The monoisotopic (exact) mass is 421 g/mol. The van der Waals surface area contributed by atoms with Gasteiger partial charge in [-0.1, -0.05) is 61.5 Å².